The van der Waals surface area contributed by atoms with Crippen molar-refractivity contribution in [2.75, 3.05) is 6.54 Å². The molecule has 2 aromatic rings. The van der Waals surface area contributed by atoms with Gasteiger partial charge in [0.05, 0.1) is 6.54 Å². The minimum atomic E-state index is -0.550. The molecule has 4 fully saturated rings. The van der Waals surface area contributed by atoms with E-state index in [4.69, 9.17) is 4.42 Å². The molecule has 0 aliphatic heterocycles. The number of furan rings is 1. The van der Waals surface area contributed by atoms with E-state index in [2.05, 4.69) is 17.2 Å². The van der Waals surface area contributed by atoms with Gasteiger partial charge >= 0.3 is 0 Å². The van der Waals surface area contributed by atoms with Crippen LogP contribution in [0.1, 0.15) is 70.8 Å². The third kappa shape index (κ3) is 4.28. The first-order chi connectivity index (χ1) is 15.8. The van der Waals surface area contributed by atoms with Gasteiger partial charge in [0.1, 0.15) is 22.6 Å². The first-order valence-electron chi connectivity index (χ1n) is 11.8. The van der Waals surface area contributed by atoms with Crippen molar-refractivity contribution in [3.63, 3.8) is 0 Å². The quantitative estimate of drug-likeness (QED) is 0.634. The van der Waals surface area contributed by atoms with Crippen LogP contribution >= 0.6 is 0 Å². The molecule has 2 heterocycles. The monoisotopic (exact) mass is 449 g/mol. The molecule has 2 aromatic heterocycles. The van der Waals surface area contributed by atoms with Crippen LogP contribution in [0.2, 0.25) is 0 Å². The fourth-order valence-corrected chi connectivity index (χ4v) is 6.63. The van der Waals surface area contributed by atoms with Crippen molar-refractivity contribution in [2.45, 2.75) is 57.5 Å². The number of aromatic nitrogens is 1. The summed E-state index contributed by atoms with van der Waals surface area (Å²) in [7, 11) is 0. The summed E-state index contributed by atoms with van der Waals surface area (Å²) in [6.07, 6.45) is 11.3. The summed E-state index contributed by atoms with van der Waals surface area (Å²) in [6.45, 7) is 6.00. The molecule has 4 bridgehead atoms. The molecule has 4 saturated carbocycles. The van der Waals surface area contributed by atoms with E-state index < -0.39 is 11.3 Å². The summed E-state index contributed by atoms with van der Waals surface area (Å²) < 4.78 is 7.34. The third-order valence-electron chi connectivity index (χ3n) is 7.53. The molecule has 0 radical (unpaired) electrons. The van der Waals surface area contributed by atoms with Crippen LogP contribution in [0.3, 0.4) is 0 Å². The van der Waals surface area contributed by atoms with E-state index in [1.165, 1.54) is 25.5 Å². The molecule has 0 unspecified atom stereocenters. The molecule has 2 amide bonds. The molecule has 4 aliphatic rings. The molecule has 0 atom stereocenters. The van der Waals surface area contributed by atoms with E-state index in [9.17, 15) is 14.4 Å². The Morgan fingerprint density at radius 2 is 1.70 bits per heavy atom. The van der Waals surface area contributed by atoms with Gasteiger partial charge in [0.25, 0.3) is 11.8 Å². The minimum Gasteiger partial charge on any atom is -0.464 e. The highest BCUT2D eigenvalue weighted by Gasteiger charge is 2.51. The van der Waals surface area contributed by atoms with Gasteiger partial charge in [0.15, 0.2) is 0 Å². The lowest BCUT2D eigenvalue weighted by Crippen LogP contribution is -2.60. The molecule has 33 heavy (non-hydrogen) atoms. The van der Waals surface area contributed by atoms with Gasteiger partial charge in [-0.1, -0.05) is 6.08 Å². The van der Waals surface area contributed by atoms with E-state index in [0.29, 0.717) is 30.1 Å². The molecule has 7 heteroatoms. The highest BCUT2D eigenvalue weighted by Crippen LogP contribution is 2.55. The number of hydrogen-bond acceptors (Lipinski definition) is 4. The number of amides is 2. The molecule has 0 spiro atoms. The first-order valence-corrected chi connectivity index (χ1v) is 11.8. The van der Waals surface area contributed by atoms with Crippen molar-refractivity contribution in [3.8, 4) is 0 Å². The van der Waals surface area contributed by atoms with Crippen molar-refractivity contribution in [2.24, 2.45) is 17.8 Å². The molecule has 4 aliphatic carbocycles. The number of nitrogens with zero attached hydrogens (tertiary/aromatic N) is 1. The van der Waals surface area contributed by atoms with Crippen LogP contribution in [0.15, 0.2) is 46.4 Å². The Morgan fingerprint density at radius 3 is 2.24 bits per heavy atom. The lowest BCUT2D eigenvalue weighted by molar-refractivity contribution is -0.0167. The lowest BCUT2D eigenvalue weighted by atomic mass is 9.53. The molecule has 6 rings (SSSR count). The fraction of sp³-hybridized carbons (Fsp3) is 0.500. The topological polar surface area (TPSA) is 93.3 Å². The smallest absolute Gasteiger partial charge is 0.257 e. The van der Waals surface area contributed by atoms with Crippen LogP contribution in [0.5, 0.6) is 0 Å². The summed E-state index contributed by atoms with van der Waals surface area (Å²) in [5, 5.41) is 5.91. The van der Waals surface area contributed by atoms with Gasteiger partial charge in [-0.05, 0) is 75.3 Å². The molecule has 0 saturated heterocycles. The summed E-state index contributed by atoms with van der Waals surface area (Å²) >= 11 is 0. The summed E-state index contributed by atoms with van der Waals surface area (Å²) in [5.74, 6) is 2.57. The second-order valence-electron chi connectivity index (χ2n) is 10.3. The highest BCUT2D eigenvalue weighted by atomic mass is 16.3. The number of nitrogens with one attached hydrogen (secondary N) is 2. The van der Waals surface area contributed by atoms with Crippen molar-refractivity contribution in [1.29, 1.82) is 0 Å². The predicted octanol–water partition coefficient (Wildman–Crippen LogP) is 3.41. The van der Waals surface area contributed by atoms with Gasteiger partial charge in [-0.3, -0.25) is 14.4 Å². The van der Waals surface area contributed by atoms with Crippen LogP contribution in [0, 0.1) is 24.7 Å². The van der Waals surface area contributed by atoms with Gasteiger partial charge in [-0.15, -0.1) is 6.58 Å². The number of carbonyl (C=O) groups is 2. The average Bonchev–Trinajstić information content (AvgIpc) is 3.16. The zero-order valence-electron chi connectivity index (χ0n) is 19.1. The summed E-state index contributed by atoms with van der Waals surface area (Å²) in [4.78, 5) is 39.4. The summed E-state index contributed by atoms with van der Waals surface area (Å²) in [5.41, 5.74) is -0.827. The van der Waals surface area contributed by atoms with Crippen LogP contribution < -0.4 is 16.1 Å². The van der Waals surface area contributed by atoms with Crippen LogP contribution in [-0.4, -0.2) is 28.5 Å². The Labute approximate surface area is 193 Å². The molecule has 174 valence electrons. The van der Waals surface area contributed by atoms with E-state index in [-0.39, 0.29) is 29.1 Å². The highest BCUT2D eigenvalue weighted by molar-refractivity contribution is 5.99. The molecule has 7 nitrogen and oxygen atoms in total. The van der Waals surface area contributed by atoms with Gasteiger partial charge in [0.2, 0.25) is 5.43 Å². The Kier molecular flexibility index (Phi) is 5.51. The van der Waals surface area contributed by atoms with E-state index in [1.54, 1.807) is 16.8 Å². The second-order valence-corrected chi connectivity index (χ2v) is 10.3. The predicted molar refractivity (Wildman–Crippen MR) is 124 cm³/mol. The van der Waals surface area contributed by atoms with Crippen LogP contribution in [0.25, 0.3) is 0 Å². The van der Waals surface area contributed by atoms with E-state index in [1.807, 2.05) is 19.1 Å². The lowest BCUT2D eigenvalue weighted by Gasteiger charge is -2.56. The van der Waals surface area contributed by atoms with Crippen molar-refractivity contribution in [3.05, 3.63) is 70.1 Å². The summed E-state index contributed by atoms with van der Waals surface area (Å²) in [6, 6.07) is 3.70. The van der Waals surface area contributed by atoms with Crippen molar-refractivity contribution >= 4 is 11.8 Å². The molecule has 2 N–H and O–H groups in total. The number of carbonyl (C=O) groups excluding carboxylic acids is 2. The second kappa shape index (κ2) is 8.36. The third-order valence-corrected chi connectivity index (χ3v) is 7.53. The van der Waals surface area contributed by atoms with Crippen LogP contribution in [-0.2, 0) is 6.54 Å². The first kappa shape index (κ1) is 21.7. The Hall–Kier alpha value is -3.09. The van der Waals surface area contributed by atoms with Gasteiger partial charge in [-0.2, -0.15) is 0 Å². The number of aryl methyl sites for hydroxylation is 1. The average molecular weight is 450 g/mol. The maximum absolute atomic E-state index is 13.5. The molecule has 0 aromatic carbocycles. The Bertz CT molecular complexity index is 1120. The van der Waals surface area contributed by atoms with E-state index >= 15 is 0 Å². The largest absolute Gasteiger partial charge is 0.464 e. The maximum atomic E-state index is 13.5. The zero-order chi connectivity index (χ0) is 23.2. The number of rotatable bonds is 7. The number of hydrogen-bond donors (Lipinski definition) is 2. The standard InChI is InChI=1S/C26H31N3O4/c1-3-6-27-24(31)21-14-29(13-20-5-4-16(2)33-20)15-22(23(21)30)25(32)28-26-10-17-7-18(11-26)9-19(8-17)12-26/h3-5,14-15,17-19H,1,6-13H2,2H3,(H,27,31)(H,28,32). The van der Waals surface area contributed by atoms with Crippen molar-refractivity contribution in [1.82, 2.24) is 15.2 Å². The molecular weight excluding hydrogens is 418 g/mol. The Balaban J connectivity index is 1.46. The minimum absolute atomic E-state index is 0.000256. The SMILES string of the molecule is C=CCNC(=O)c1cn(Cc2ccc(C)o2)cc(C(=O)NC23CC4CC(CC(C4)C2)C3)c1=O. The normalized spacial score (nSPS) is 27.4. The van der Waals surface area contributed by atoms with Crippen molar-refractivity contribution < 1.29 is 14.0 Å². The maximum Gasteiger partial charge on any atom is 0.257 e. The van der Waals surface area contributed by atoms with Gasteiger partial charge in [0, 0.05) is 24.5 Å². The molecular formula is C26H31N3O4. The van der Waals surface area contributed by atoms with E-state index in [0.717, 1.165) is 25.0 Å². The Morgan fingerprint density at radius 1 is 1.09 bits per heavy atom. The van der Waals surface area contributed by atoms with Gasteiger partial charge in [-0.25, -0.2) is 0 Å². The van der Waals surface area contributed by atoms with Crippen LogP contribution in [0.4, 0.5) is 0 Å². The fourth-order valence-electron chi connectivity index (χ4n) is 6.63. The van der Waals surface area contributed by atoms with Gasteiger partial charge < -0.3 is 19.6 Å². The number of pyridine rings is 1. The zero-order valence-corrected chi connectivity index (χ0v) is 19.1.